The molecule has 284 valence electrons. The molecular formula is C54H37N5O. The predicted octanol–water partition coefficient (Wildman–Crippen LogP) is 13.8. The van der Waals surface area contributed by atoms with Gasteiger partial charge in [-0.1, -0.05) is 109 Å². The minimum atomic E-state index is 0.107. The number of hydrogen-bond donors (Lipinski definition) is 0. The molecule has 0 aliphatic heterocycles. The van der Waals surface area contributed by atoms with Gasteiger partial charge in [-0.2, -0.15) is 10.5 Å². The van der Waals surface area contributed by atoms with Gasteiger partial charge in [0.1, 0.15) is 11.7 Å². The molecule has 0 atom stereocenters. The summed E-state index contributed by atoms with van der Waals surface area (Å²) in [4.78, 5) is 2.10. The Balaban J connectivity index is 1.15. The first-order valence-corrected chi connectivity index (χ1v) is 20.3. The van der Waals surface area contributed by atoms with Crippen LogP contribution in [0.1, 0.15) is 24.6 Å². The van der Waals surface area contributed by atoms with E-state index in [0.717, 1.165) is 90.9 Å². The Morgan fingerprint density at radius 3 is 2.12 bits per heavy atom. The van der Waals surface area contributed by atoms with Gasteiger partial charge in [0.15, 0.2) is 5.58 Å². The lowest BCUT2D eigenvalue weighted by atomic mass is 9.88. The summed E-state index contributed by atoms with van der Waals surface area (Å²) in [5.74, 6) is 0. The Kier molecular flexibility index (Phi) is 8.25. The molecule has 10 aromatic rings. The predicted molar refractivity (Wildman–Crippen MR) is 244 cm³/mol. The van der Waals surface area contributed by atoms with Crippen molar-refractivity contribution in [2.45, 2.75) is 26.2 Å². The number of aryl methyl sites for hydroxylation is 1. The maximum absolute atomic E-state index is 11.1. The van der Waals surface area contributed by atoms with E-state index in [0.29, 0.717) is 5.57 Å². The Morgan fingerprint density at radius 2 is 1.35 bits per heavy atom. The molecular weight excluding hydrogens is 735 g/mol. The molecule has 0 radical (unpaired) electrons. The zero-order valence-corrected chi connectivity index (χ0v) is 32.9. The zero-order chi connectivity index (χ0) is 40.3. The minimum Gasteiger partial charge on any atom is -0.454 e. The van der Waals surface area contributed by atoms with E-state index in [1.807, 2.05) is 73.7 Å². The van der Waals surface area contributed by atoms with Crippen LogP contribution in [-0.2, 0) is 12.8 Å². The van der Waals surface area contributed by atoms with E-state index in [2.05, 4.69) is 129 Å². The summed E-state index contributed by atoms with van der Waals surface area (Å²) in [7, 11) is 0. The highest BCUT2D eigenvalue weighted by Crippen LogP contribution is 2.45. The molecule has 60 heavy (non-hydrogen) atoms. The maximum Gasteiger partial charge on any atom is 0.159 e. The molecule has 6 heteroatoms. The van der Waals surface area contributed by atoms with Crippen molar-refractivity contribution in [2.75, 3.05) is 4.90 Å². The number of benzene rings is 7. The normalized spacial score (nSPS) is 13.0. The summed E-state index contributed by atoms with van der Waals surface area (Å²) in [5.41, 5.74) is 14.4. The quantitative estimate of drug-likeness (QED) is 0.119. The van der Waals surface area contributed by atoms with Crippen molar-refractivity contribution in [1.29, 1.82) is 10.5 Å². The van der Waals surface area contributed by atoms with Crippen LogP contribution < -0.4 is 4.90 Å². The standard InChI is InChI=1S/C54H37N5O/c1-35(57(38-15-3-2-4-16-38)51-24-13-21-45-44-20-9-12-25-52(44)60-54(45)51)37(34-56)32-40(30-31-55)59-49-29-27-39(33-46(49)53-41-17-6-5-14-36(41)26-28-50(53)59)58-47-22-10-7-18-42(47)43-19-8-11-23-48(43)58/h2-25,27,29,32-33H,26,28,30H2,1H3/b37-35-,40-32+. The van der Waals surface area contributed by atoms with Gasteiger partial charge in [-0.15, -0.1) is 0 Å². The second-order valence-corrected chi connectivity index (χ2v) is 15.4. The SMILES string of the molecule is C/C(=C(C#N)\C=C(/CC#N)n1c2c(c3cc(-n4c5ccccc5c5ccccc54)ccc31)-c1ccccc1CC2)N(c1ccccc1)c1cccc2c1oc1ccccc12. The van der Waals surface area contributed by atoms with Crippen LogP contribution in [0.2, 0.25) is 0 Å². The minimum absolute atomic E-state index is 0.107. The van der Waals surface area contributed by atoms with Crippen LogP contribution in [0.4, 0.5) is 11.4 Å². The zero-order valence-electron chi connectivity index (χ0n) is 32.9. The third-order valence-corrected chi connectivity index (χ3v) is 12.1. The molecule has 0 fully saturated rings. The van der Waals surface area contributed by atoms with Crippen molar-refractivity contribution in [1.82, 2.24) is 9.13 Å². The molecule has 0 amide bonds. The third kappa shape index (κ3) is 5.39. The van der Waals surface area contributed by atoms with E-state index < -0.39 is 0 Å². The molecule has 3 aromatic heterocycles. The fourth-order valence-electron chi connectivity index (χ4n) is 9.55. The van der Waals surface area contributed by atoms with E-state index in [4.69, 9.17) is 4.42 Å². The number of anilines is 2. The number of nitriles is 2. The van der Waals surface area contributed by atoms with Crippen molar-refractivity contribution in [2.24, 2.45) is 0 Å². The van der Waals surface area contributed by atoms with Gasteiger partial charge < -0.3 is 18.5 Å². The Morgan fingerprint density at radius 1 is 0.667 bits per heavy atom. The summed E-state index contributed by atoms with van der Waals surface area (Å²) in [6.07, 6.45) is 3.70. The molecule has 0 N–H and O–H groups in total. The average Bonchev–Trinajstić information content (AvgIpc) is 3.96. The van der Waals surface area contributed by atoms with Crippen LogP contribution >= 0.6 is 0 Å². The maximum atomic E-state index is 11.1. The first-order valence-electron chi connectivity index (χ1n) is 20.3. The molecule has 7 aromatic carbocycles. The van der Waals surface area contributed by atoms with Gasteiger partial charge in [0.05, 0.1) is 40.3 Å². The van der Waals surface area contributed by atoms with Gasteiger partial charge in [-0.05, 0) is 91.6 Å². The van der Waals surface area contributed by atoms with Crippen molar-refractivity contribution in [3.8, 4) is 29.0 Å². The van der Waals surface area contributed by atoms with E-state index in [9.17, 15) is 10.5 Å². The lowest BCUT2D eigenvalue weighted by molar-refractivity contribution is 0.668. The number of nitrogens with zero attached hydrogens (tertiary/aromatic N) is 5. The smallest absolute Gasteiger partial charge is 0.159 e. The number of para-hydroxylation sites is 5. The largest absolute Gasteiger partial charge is 0.454 e. The van der Waals surface area contributed by atoms with Crippen molar-refractivity contribution < 1.29 is 4.42 Å². The van der Waals surface area contributed by atoms with Crippen LogP contribution in [0.3, 0.4) is 0 Å². The summed E-state index contributed by atoms with van der Waals surface area (Å²) < 4.78 is 11.2. The van der Waals surface area contributed by atoms with Gasteiger partial charge in [0.25, 0.3) is 0 Å². The van der Waals surface area contributed by atoms with Crippen molar-refractivity contribution >= 4 is 71.7 Å². The number of rotatable bonds is 7. The van der Waals surface area contributed by atoms with Crippen LogP contribution in [0.5, 0.6) is 0 Å². The van der Waals surface area contributed by atoms with E-state index >= 15 is 0 Å². The monoisotopic (exact) mass is 771 g/mol. The van der Waals surface area contributed by atoms with Gasteiger partial charge in [0.2, 0.25) is 0 Å². The molecule has 0 saturated carbocycles. The third-order valence-electron chi connectivity index (χ3n) is 12.1. The highest BCUT2D eigenvalue weighted by atomic mass is 16.3. The fourth-order valence-corrected chi connectivity index (χ4v) is 9.55. The van der Waals surface area contributed by atoms with Crippen LogP contribution in [0, 0.1) is 22.7 Å². The molecule has 0 spiro atoms. The Hall–Kier alpha value is -8.06. The highest BCUT2D eigenvalue weighted by Gasteiger charge is 2.27. The molecule has 1 aliphatic carbocycles. The lowest BCUT2D eigenvalue weighted by Crippen LogP contribution is -2.16. The van der Waals surface area contributed by atoms with E-state index in [1.165, 1.54) is 27.5 Å². The van der Waals surface area contributed by atoms with Gasteiger partial charge in [0, 0.05) is 61.0 Å². The number of fused-ring (bicyclic) bond motifs is 11. The van der Waals surface area contributed by atoms with Gasteiger partial charge in [-0.25, -0.2) is 0 Å². The van der Waals surface area contributed by atoms with Crippen LogP contribution in [-0.4, -0.2) is 9.13 Å². The number of furan rings is 1. The number of aromatic nitrogens is 2. The topological polar surface area (TPSA) is 73.8 Å². The Labute approximate surface area is 347 Å². The number of hydrogen-bond acceptors (Lipinski definition) is 4. The van der Waals surface area contributed by atoms with E-state index in [-0.39, 0.29) is 6.42 Å². The summed E-state index contributed by atoms with van der Waals surface area (Å²) in [5, 5.41) is 27.1. The molecule has 0 bridgehead atoms. The summed E-state index contributed by atoms with van der Waals surface area (Å²) in [6.45, 7) is 1.98. The second kappa shape index (κ2) is 14.1. The van der Waals surface area contributed by atoms with Gasteiger partial charge >= 0.3 is 0 Å². The summed E-state index contributed by atoms with van der Waals surface area (Å²) in [6, 6.07) is 61.9. The molecule has 0 saturated heterocycles. The van der Waals surface area contributed by atoms with E-state index in [1.54, 1.807) is 0 Å². The van der Waals surface area contributed by atoms with Crippen LogP contribution in [0.25, 0.3) is 77.2 Å². The summed E-state index contributed by atoms with van der Waals surface area (Å²) >= 11 is 0. The molecule has 1 aliphatic rings. The first kappa shape index (κ1) is 35.1. The Bertz CT molecular complexity index is 3450. The highest BCUT2D eigenvalue weighted by molar-refractivity contribution is 6.11. The molecule has 11 rings (SSSR count). The second-order valence-electron chi connectivity index (χ2n) is 15.4. The fraction of sp³-hybridized carbons (Fsp3) is 0.0741. The van der Waals surface area contributed by atoms with Gasteiger partial charge in [-0.3, -0.25) is 0 Å². The average molecular weight is 772 g/mol. The first-order chi connectivity index (χ1) is 29.6. The molecule has 6 nitrogen and oxygen atoms in total. The lowest BCUT2D eigenvalue weighted by Gasteiger charge is -2.27. The van der Waals surface area contributed by atoms with Crippen molar-refractivity contribution in [3.63, 3.8) is 0 Å². The number of allylic oxidation sites excluding steroid dienone is 4. The molecule has 3 heterocycles. The van der Waals surface area contributed by atoms with Crippen LogP contribution in [0.15, 0.2) is 186 Å². The molecule has 0 unspecified atom stereocenters. The van der Waals surface area contributed by atoms with Crippen molar-refractivity contribution in [3.05, 3.63) is 192 Å².